The van der Waals surface area contributed by atoms with E-state index in [0.717, 1.165) is 39.1 Å². The van der Waals surface area contributed by atoms with Crippen LogP contribution in [-0.4, -0.2) is 16.0 Å². The fourth-order valence-corrected chi connectivity index (χ4v) is 3.09. The lowest BCUT2D eigenvalue weighted by atomic mass is 10.1. The van der Waals surface area contributed by atoms with Gasteiger partial charge in [0.25, 0.3) is 0 Å². The topological polar surface area (TPSA) is 69.8 Å². The van der Waals surface area contributed by atoms with Gasteiger partial charge in [-0.2, -0.15) is 0 Å². The Balaban J connectivity index is 1.68. The minimum Gasteiger partial charge on any atom is -0.353 e. The third-order valence-electron chi connectivity index (χ3n) is 4.66. The Morgan fingerprint density at radius 2 is 1.81 bits per heavy atom. The molecule has 2 heterocycles. The van der Waals surface area contributed by atoms with Crippen molar-refractivity contribution in [3.63, 3.8) is 0 Å². The van der Waals surface area contributed by atoms with Gasteiger partial charge < -0.3 is 15.6 Å². The van der Waals surface area contributed by atoms with Crippen LogP contribution >= 0.6 is 0 Å². The average molecular weight is 356 g/mol. The molecule has 2 amide bonds. The van der Waals surface area contributed by atoms with E-state index in [9.17, 15) is 4.79 Å². The number of rotatable bonds is 3. The molecule has 0 spiro atoms. The molecule has 0 aliphatic heterocycles. The zero-order valence-electron chi connectivity index (χ0n) is 15.2. The van der Waals surface area contributed by atoms with Crippen molar-refractivity contribution in [2.24, 2.45) is 0 Å². The van der Waals surface area contributed by atoms with Crippen molar-refractivity contribution < 1.29 is 4.79 Å². The van der Waals surface area contributed by atoms with Crippen LogP contribution in [0.1, 0.15) is 11.1 Å². The van der Waals surface area contributed by atoms with Crippen LogP contribution in [0.15, 0.2) is 67.0 Å². The smallest absolute Gasteiger partial charge is 0.323 e. The Hall–Kier alpha value is -3.60. The van der Waals surface area contributed by atoms with Crippen molar-refractivity contribution in [1.82, 2.24) is 9.97 Å². The van der Waals surface area contributed by atoms with Crippen LogP contribution in [-0.2, 0) is 0 Å². The van der Waals surface area contributed by atoms with Crippen molar-refractivity contribution in [2.45, 2.75) is 13.8 Å². The van der Waals surface area contributed by atoms with Crippen molar-refractivity contribution in [2.75, 3.05) is 10.6 Å². The van der Waals surface area contributed by atoms with E-state index < -0.39 is 0 Å². The minimum absolute atomic E-state index is 0.284. The molecule has 4 rings (SSSR count). The molecule has 3 N–H and O–H groups in total. The summed E-state index contributed by atoms with van der Waals surface area (Å²) in [6.07, 6.45) is 3.50. The molecule has 4 aromatic rings. The highest BCUT2D eigenvalue weighted by molar-refractivity contribution is 6.10. The SMILES string of the molecule is Cc1ccc(NC(=O)Nc2c(-c3cccnc3)[nH]c3ccccc23)cc1C. The van der Waals surface area contributed by atoms with E-state index in [1.807, 2.05) is 68.4 Å². The summed E-state index contributed by atoms with van der Waals surface area (Å²) in [7, 11) is 0. The van der Waals surface area contributed by atoms with Gasteiger partial charge in [0, 0.05) is 34.5 Å². The van der Waals surface area contributed by atoms with Gasteiger partial charge in [-0.15, -0.1) is 0 Å². The van der Waals surface area contributed by atoms with Crippen molar-refractivity contribution in [1.29, 1.82) is 0 Å². The second-order valence-corrected chi connectivity index (χ2v) is 6.54. The fraction of sp³-hybridized carbons (Fsp3) is 0.0909. The number of amides is 2. The summed E-state index contributed by atoms with van der Waals surface area (Å²) in [6.45, 7) is 4.07. The number of hydrogen-bond donors (Lipinski definition) is 3. The largest absolute Gasteiger partial charge is 0.353 e. The highest BCUT2D eigenvalue weighted by Gasteiger charge is 2.15. The summed E-state index contributed by atoms with van der Waals surface area (Å²) < 4.78 is 0. The number of benzene rings is 2. The number of aromatic nitrogens is 2. The standard InChI is InChI=1S/C22H20N4O/c1-14-9-10-17(12-15(14)2)24-22(27)26-21-18-7-3-4-8-19(18)25-20(21)16-6-5-11-23-13-16/h3-13,25H,1-2H3,(H2,24,26,27). The van der Waals surface area contributed by atoms with Gasteiger partial charge in [-0.25, -0.2) is 4.79 Å². The van der Waals surface area contributed by atoms with E-state index in [1.54, 1.807) is 12.4 Å². The molecule has 134 valence electrons. The Bertz CT molecular complexity index is 1120. The maximum absolute atomic E-state index is 12.7. The lowest BCUT2D eigenvalue weighted by Crippen LogP contribution is -2.19. The summed E-state index contributed by atoms with van der Waals surface area (Å²) in [6, 6.07) is 17.3. The van der Waals surface area contributed by atoms with Crippen LogP contribution in [0.25, 0.3) is 22.2 Å². The predicted octanol–water partition coefficient (Wildman–Crippen LogP) is 5.49. The Labute approximate surface area is 157 Å². The number of carbonyl (C=O) groups is 1. The number of pyridine rings is 1. The van der Waals surface area contributed by atoms with E-state index in [-0.39, 0.29) is 6.03 Å². The van der Waals surface area contributed by atoms with E-state index in [4.69, 9.17) is 0 Å². The maximum atomic E-state index is 12.7. The first-order chi connectivity index (χ1) is 13.1. The number of urea groups is 1. The highest BCUT2D eigenvalue weighted by Crippen LogP contribution is 2.34. The number of para-hydroxylation sites is 1. The van der Waals surface area contributed by atoms with Crippen LogP contribution < -0.4 is 10.6 Å². The number of nitrogens with zero attached hydrogens (tertiary/aromatic N) is 1. The number of H-pyrrole nitrogens is 1. The Kier molecular flexibility index (Phi) is 4.34. The molecule has 0 unspecified atom stereocenters. The van der Waals surface area contributed by atoms with E-state index in [1.165, 1.54) is 5.56 Å². The van der Waals surface area contributed by atoms with Crippen molar-refractivity contribution >= 4 is 28.3 Å². The zero-order valence-corrected chi connectivity index (χ0v) is 15.2. The molecule has 0 atom stereocenters. The van der Waals surface area contributed by atoms with Crippen LogP contribution in [0.4, 0.5) is 16.2 Å². The highest BCUT2D eigenvalue weighted by atomic mass is 16.2. The number of aromatic amines is 1. The lowest BCUT2D eigenvalue weighted by molar-refractivity contribution is 0.262. The summed E-state index contributed by atoms with van der Waals surface area (Å²) >= 11 is 0. The molecule has 5 nitrogen and oxygen atoms in total. The Morgan fingerprint density at radius 3 is 2.59 bits per heavy atom. The third kappa shape index (κ3) is 3.40. The second kappa shape index (κ2) is 6.96. The molecule has 0 saturated heterocycles. The summed E-state index contributed by atoms with van der Waals surface area (Å²) in [5, 5.41) is 6.87. The van der Waals surface area contributed by atoms with Crippen molar-refractivity contribution in [3.8, 4) is 11.3 Å². The first-order valence-electron chi connectivity index (χ1n) is 8.78. The van der Waals surface area contributed by atoms with Crippen LogP contribution in [0.3, 0.4) is 0 Å². The van der Waals surface area contributed by atoms with Gasteiger partial charge in [0.05, 0.1) is 11.4 Å². The monoisotopic (exact) mass is 356 g/mol. The zero-order chi connectivity index (χ0) is 18.8. The van der Waals surface area contributed by atoms with Gasteiger partial charge in [-0.1, -0.05) is 24.3 Å². The number of fused-ring (bicyclic) bond motifs is 1. The van der Waals surface area contributed by atoms with Gasteiger partial charge in [0.1, 0.15) is 0 Å². The van der Waals surface area contributed by atoms with E-state index in [2.05, 4.69) is 20.6 Å². The number of carbonyl (C=O) groups excluding carboxylic acids is 1. The summed E-state index contributed by atoms with van der Waals surface area (Å²) in [4.78, 5) is 20.2. The molecule has 0 radical (unpaired) electrons. The molecule has 5 heteroatoms. The normalized spacial score (nSPS) is 10.7. The first kappa shape index (κ1) is 16.8. The molecule has 0 aliphatic carbocycles. The van der Waals surface area contributed by atoms with Gasteiger partial charge in [0.15, 0.2) is 0 Å². The Morgan fingerprint density at radius 1 is 0.963 bits per heavy atom. The molecule has 0 fully saturated rings. The molecule has 0 saturated carbocycles. The third-order valence-corrected chi connectivity index (χ3v) is 4.66. The van der Waals surface area contributed by atoms with Crippen LogP contribution in [0.2, 0.25) is 0 Å². The number of hydrogen-bond acceptors (Lipinski definition) is 2. The quantitative estimate of drug-likeness (QED) is 0.454. The van der Waals surface area contributed by atoms with Crippen LogP contribution in [0.5, 0.6) is 0 Å². The summed E-state index contributed by atoms with van der Waals surface area (Å²) in [5.74, 6) is 0. The predicted molar refractivity (Wildman–Crippen MR) is 110 cm³/mol. The van der Waals surface area contributed by atoms with Gasteiger partial charge in [0.2, 0.25) is 0 Å². The van der Waals surface area contributed by atoms with Gasteiger partial charge >= 0.3 is 6.03 Å². The number of anilines is 2. The molecule has 0 aliphatic rings. The van der Waals surface area contributed by atoms with Crippen LogP contribution in [0, 0.1) is 13.8 Å². The van der Waals surface area contributed by atoms with Crippen molar-refractivity contribution in [3.05, 3.63) is 78.1 Å². The molecule has 27 heavy (non-hydrogen) atoms. The lowest BCUT2D eigenvalue weighted by Gasteiger charge is -2.10. The molecular weight excluding hydrogens is 336 g/mol. The molecular formula is C22H20N4O. The second-order valence-electron chi connectivity index (χ2n) is 6.54. The molecule has 2 aromatic heterocycles. The molecule has 2 aromatic carbocycles. The minimum atomic E-state index is -0.284. The average Bonchev–Trinajstić information content (AvgIpc) is 3.04. The molecule has 0 bridgehead atoms. The van der Waals surface area contributed by atoms with Gasteiger partial charge in [-0.05, 0) is 55.3 Å². The maximum Gasteiger partial charge on any atom is 0.323 e. The van der Waals surface area contributed by atoms with E-state index >= 15 is 0 Å². The first-order valence-corrected chi connectivity index (χ1v) is 8.78. The summed E-state index contributed by atoms with van der Waals surface area (Å²) in [5.41, 5.74) is 6.53. The fourth-order valence-electron chi connectivity index (χ4n) is 3.09. The number of nitrogens with one attached hydrogen (secondary N) is 3. The van der Waals surface area contributed by atoms with E-state index in [0.29, 0.717) is 0 Å². The number of aryl methyl sites for hydroxylation is 2. The van der Waals surface area contributed by atoms with Gasteiger partial charge in [-0.3, -0.25) is 4.98 Å².